The SMILES string of the molecule is CCCn1ccc2ccc(NC(=O)NC(C)CCCO)cc21. The van der Waals surface area contributed by atoms with Crippen LogP contribution in [-0.2, 0) is 6.54 Å². The predicted molar refractivity (Wildman–Crippen MR) is 90.2 cm³/mol. The van der Waals surface area contributed by atoms with E-state index in [1.165, 1.54) is 5.39 Å². The lowest BCUT2D eigenvalue weighted by atomic mass is 10.2. The molecular formula is C17H25N3O2. The molecule has 0 aliphatic rings. The lowest BCUT2D eigenvalue weighted by Crippen LogP contribution is -2.36. The molecule has 120 valence electrons. The van der Waals surface area contributed by atoms with Gasteiger partial charge in [-0.05, 0) is 49.8 Å². The first-order valence-electron chi connectivity index (χ1n) is 7.91. The number of carbonyl (C=O) groups is 1. The number of fused-ring (bicyclic) bond motifs is 1. The van der Waals surface area contributed by atoms with E-state index in [0.29, 0.717) is 6.42 Å². The Balaban J connectivity index is 2.01. The highest BCUT2D eigenvalue weighted by Crippen LogP contribution is 2.21. The summed E-state index contributed by atoms with van der Waals surface area (Å²) in [6, 6.07) is 7.86. The Kier molecular flexibility index (Phi) is 5.83. The van der Waals surface area contributed by atoms with Crippen molar-refractivity contribution in [2.24, 2.45) is 0 Å². The lowest BCUT2D eigenvalue weighted by molar-refractivity contribution is 0.245. The van der Waals surface area contributed by atoms with Gasteiger partial charge in [0, 0.05) is 31.1 Å². The summed E-state index contributed by atoms with van der Waals surface area (Å²) in [6.45, 7) is 5.20. The number of rotatable bonds is 7. The maximum absolute atomic E-state index is 12.0. The summed E-state index contributed by atoms with van der Waals surface area (Å²) in [4.78, 5) is 12.0. The van der Waals surface area contributed by atoms with E-state index in [-0.39, 0.29) is 18.7 Å². The summed E-state index contributed by atoms with van der Waals surface area (Å²) in [5.41, 5.74) is 1.92. The van der Waals surface area contributed by atoms with Crippen molar-refractivity contribution in [1.29, 1.82) is 0 Å². The molecule has 2 rings (SSSR count). The van der Waals surface area contributed by atoms with E-state index < -0.39 is 0 Å². The van der Waals surface area contributed by atoms with Crippen LogP contribution in [0.1, 0.15) is 33.1 Å². The number of aliphatic hydroxyl groups excluding tert-OH is 1. The highest BCUT2D eigenvalue weighted by Gasteiger charge is 2.08. The maximum atomic E-state index is 12.0. The molecule has 0 spiro atoms. The topological polar surface area (TPSA) is 66.3 Å². The number of hydrogen-bond acceptors (Lipinski definition) is 2. The highest BCUT2D eigenvalue weighted by atomic mass is 16.3. The van der Waals surface area contributed by atoms with Crippen LogP contribution in [0.3, 0.4) is 0 Å². The van der Waals surface area contributed by atoms with Gasteiger partial charge in [-0.15, -0.1) is 0 Å². The first-order chi connectivity index (χ1) is 10.6. The van der Waals surface area contributed by atoms with Crippen molar-refractivity contribution in [3.63, 3.8) is 0 Å². The van der Waals surface area contributed by atoms with Crippen molar-refractivity contribution < 1.29 is 9.90 Å². The number of amides is 2. The molecule has 0 saturated carbocycles. The molecule has 1 atom stereocenters. The number of hydrogen-bond donors (Lipinski definition) is 3. The Labute approximate surface area is 131 Å². The molecule has 5 heteroatoms. The normalized spacial score (nSPS) is 12.3. The van der Waals surface area contributed by atoms with Gasteiger partial charge in [-0.3, -0.25) is 0 Å². The van der Waals surface area contributed by atoms with Gasteiger partial charge in [-0.1, -0.05) is 13.0 Å². The fourth-order valence-electron chi connectivity index (χ4n) is 2.56. The largest absolute Gasteiger partial charge is 0.396 e. The van der Waals surface area contributed by atoms with E-state index in [4.69, 9.17) is 5.11 Å². The molecule has 0 aliphatic carbocycles. The van der Waals surface area contributed by atoms with Crippen LogP contribution in [-0.4, -0.2) is 28.4 Å². The Hall–Kier alpha value is -2.01. The summed E-state index contributed by atoms with van der Waals surface area (Å²) in [7, 11) is 0. The van der Waals surface area contributed by atoms with E-state index >= 15 is 0 Å². The number of carbonyl (C=O) groups excluding carboxylic acids is 1. The number of aromatic nitrogens is 1. The third-order valence-corrected chi connectivity index (χ3v) is 3.67. The second-order valence-corrected chi connectivity index (χ2v) is 5.65. The minimum Gasteiger partial charge on any atom is -0.396 e. The van der Waals surface area contributed by atoms with Crippen molar-refractivity contribution in [2.45, 2.75) is 45.7 Å². The summed E-state index contributed by atoms with van der Waals surface area (Å²) < 4.78 is 2.20. The maximum Gasteiger partial charge on any atom is 0.319 e. The standard InChI is InChI=1S/C17H25N3O2/c1-3-9-20-10-8-14-6-7-15(12-16(14)20)19-17(22)18-13(2)5-4-11-21/h6-8,10,12-13,21H,3-5,9,11H2,1-2H3,(H2,18,19,22). The van der Waals surface area contributed by atoms with Crippen molar-refractivity contribution >= 4 is 22.6 Å². The van der Waals surface area contributed by atoms with Gasteiger partial charge in [-0.25, -0.2) is 4.79 Å². The van der Waals surface area contributed by atoms with Gasteiger partial charge < -0.3 is 20.3 Å². The molecule has 1 unspecified atom stereocenters. The average Bonchev–Trinajstić information content (AvgIpc) is 2.88. The first-order valence-corrected chi connectivity index (χ1v) is 7.91. The molecule has 0 aliphatic heterocycles. The van der Waals surface area contributed by atoms with Crippen LogP contribution < -0.4 is 10.6 Å². The predicted octanol–water partition coefficient (Wildman–Crippen LogP) is 3.33. The molecular weight excluding hydrogens is 278 g/mol. The Morgan fingerprint density at radius 1 is 1.36 bits per heavy atom. The summed E-state index contributed by atoms with van der Waals surface area (Å²) >= 11 is 0. The fourth-order valence-corrected chi connectivity index (χ4v) is 2.56. The quantitative estimate of drug-likeness (QED) is 0.734. The van der Waals surface area contributed by atoms with Gasteiger partial charge in [-0.2, -0.15) is 0 Å². The van der Waals surface area contributed by atoms with Crippen LogP contribution >= 0.6 is 0 Å². The molecule has 0 saturated heterocycles. The zero-order chi connectivity index (χ0) is 15.9. The summed E-state index contributed by atoms with van der Waals surface area (Å²) in [5.74, 6) is 0. The van der Waals surface area contributed by atoms with Gasteiger partial charge in [0.05, 0.1) is 5.52 Å². The average molecular weight is 303 g/mol. The molecule has 22 heavy (non-hydrogen) atoms. The van der Waals surface area contributed by atoms with E-state index in [1.54, 1.807) is 0 Å². The number of aliphatic hydroxyl groups is 1. The smallest absolute Gasteiger partial charge is 0.319 e. The van der Waals surface area contributed by atoms with E-state index in [1.807, 2.05) is 25.1 Å². The molecule has 0 bridgehead atoms. The van der Waals surface area contributed by atoms with Gasteiger partial charge in [0.2, 0.25) is 0 Å². The van der Waals surface area contributed by atoms with Crippen LogP contribution in [0, 0.1) is 0 Å². The van der Waals surface area contributed by atoms with Crippen LogP contribution in [0.15, 0.2) is 30.5 Å². The number of anilines is 1. The Morgan fingerprint density at radius 3 is 2.91 bits per heavy atom. The molecule has 2 aromatic rings. The van der Waals surface area contributed by atoms with Crippen LogP contribution in [0.25, 0.3) is 10.9 Å². The van der Waals surface area contributed by atoms with E-state index in [2.05, 4.69) is 34.4 Å². The van der Waals surface area contributed by atoms with Crippen molar-refractivity contribution in [1.82, 2.24) is 9.88 Å². The fraction of sp³-hybridized carbons (Fsp3) is 0.471. The van der Waals surface area contributed by atoms with Crippen LogP contribution in [0.2, 0.25) is 0 Å². The molecule has 1 aromatic carbocycles. The van der Waals surface area contributed by atoms with Crippen molar-refractivity contribution in [3.8, 4) is 0 Å². The number of nitrogens with zero attached hydrogens (tertiary/aromatic N) is 1. The van der Waals surface area contributed by atoms with Crippen molar-refractivity contribution in [3.05, 3.63) is 30.5 Å². The van der Waals surface area contributed by atoms with Crippen LogP contribution in [0.5, 0.6) is 0 Å². The molecule has 1 heterocycles. The minimum absolute atomic E-state index is 0.0415. The number of urea groups is 1. The summed E-state index contributed by atoms with van der Waals surface area (Å²) in [5, 5.41) is 15.7. The summed E-state index contributed by atoms with van der Waals surface area (Å²) in [6.07, 6.45) is 4.61. The third kappa shape index (κ3) is 4.24. The van der Waals surface area contributed by atoms with Crippen molar-refractivity contribution in [2.75, 3.05) is 11.9 Å². The second kappa shape index (κ2) is 7.84. The zero-order valence-corrected chi connectivity index (χ0v) is 13.3. The Morgan fingerprint density at radius 2 is 2.18 bits per heavy atom. The lowest BCUT2D eigenvalue weighted by Gasteiger charge is -2.14. The number of nitrogens with one attached hydrogen (secondary N) is 2. The number of aryl methyl sites for hydroxylation is 1. The van der Waals surface area contributed by atoms with Gasteiger partial charge in [0.15, 0.2) is 0 Å². The Bertz CT molecular complexity index is 621. The first kappa shape index (κ1) is 16.4. The molecule has 1 aromatic heterocycles. The monoisotopic (exact) mass is 303 g/mol. The second-order valence-electron chi connectivity index (χ2n) is 5.65. The molecule has 2 amide bonds. The zero-order valence-electron chi connectivity index (χ0n) is 13.3. The van der Waals surface area contributed by atoms with Gasteiger partial charge >= 0.3 is 6.03 Å². The minimum atomic E-state index is -0.210. The van der Waals surface area contributed by atoms with Gasteiger partial charge in [0.1, 0.15) is 0 Å². The third-order valence-electron chi connectivity index (χ3n) is 3.67. The highest BCUT2D eigenvalue weighted by molar-refractivity contribution is 5.92. The number of benzene rings is 1. The van der Waals surface area contributed by atoms with E-state index in [0.717, 1.165) is 30.6 Å². The molecule has 3 N–H and O–H groups in total. The van der Waals surface area contributed by atoms with E-state index in [9.17, 15) is 4.79 Å². The van der Waals surface area contributed by atoms with Crippen LogP contribution in [0.4, 0.5) is 10.5 Å². The molecule has 0 fully saturated rings. The molecule has 5 nitrogen and oxygen atoms in total. The molecule has 0 radical (unpaired) electrons. The van der Waals surface area contributed by atoms with Gasteiger partial charge in [0.25, 0.3) is 0 Å².